The zero-order valence-electron chi connectivity index (χ0n) is 5.27. The molecule has 9 heavy (non-hydrogen) atoms. The van der Waals surface area contributed by atoms with Gasteiger partial charge in [0.1, 0.15) is 0 Å². The number of hydrogen-bond donors (Lipinski definition) is 0. The molecule has 0 fully saturated rings. The molecule has 0 aliphatic carbocycles. The first-order valence-electron chi connectivity index (χ1n) is 2.54. The largest absolute Gasteiger partial charge is 0.133 e. The Morgan fingerprint density at radius 3 is 2.56 bits per heavy atom. The maximum Gasteiger partial charge on any atom is 0.0609 e. The van der Waals surface area contributed by atoms with Gasteiger partial charge in [0.25, 0.3) is 0 Å². The summed E-state index contributed by atoms with van der Waals surface area (Å²) in [7, 11) is 0. The molecule has 0 radical (unpaired) electrons. The highest BCUT2D eigenvalue weighted by Gasteiger charge is 1.99. The lowest BCUT2D eigenvalue weighted by Crippen LogP contribution is -1.60. The normalized spacial score (nSPS) is 10.1. The average molecular weight is 270 g/mol. The van der Waals surface area contributed by atoms with Crippen LogP contribution in [0, 0.1) is 10.5 Å². The summed E-state index contributed by atoms with van der Waals surface area (Å²) >= 11 is 6.05. The van der Waals surface area contributed by atoms with Crippen LogP contribution in [0.3, 0.4) is 0 Å². The molecule has 0 spiro atoms. The Balaban J connectivity index is 2.98. The second kappa shape index (κ2) is 3.25. The second-order valence-corrected chi connectivity index (χ2v) is 5.20. The Kier molecular flexibility index (Phi) is 2.85. The van der Waals surface area contributed by atoms with E-state index >= 15 is 0 Å². The zero-order valence-corrected chi connectivity index (χ0v) is 9.06. The quantitative estimate of drug-likeness (QED) is 0.557. The van der Waals surface area contributed by atoms with E-state index in [1.54, 1.807) is 0 Å². The Bertz CT molecular complexity index is 185. The minimum atomic E-state index is 1.39. The predicted molar refractivity (Wildman–Crippen MR) is 53.6 cm³/mol. The number of rotatable bonds is 1. The lowest BCUT2D eigenvalue weighted by Gasteiger charge is -1.80. The van der Waals surface area contributed by atoms with Crippen LogP contribution in [-0.2, 0) is 0 Å². The average Bonchev–Trinajstić information content (AvgIpc) is 2.13. The van der Waals surface area contributed by atoms with Gasteiger partial charge in [0.05, 0.1) is 4.21 Å². The van der Waals surface area contributed by atoms with Crippen molar-refractivity contribution in [2.24, 2.45) is 0 Å². The van der Waals surface area contributed by atoms with E-state index in [4.69, 9.17) is 0 Å². The molecular formula is C6H7IS2. The molecule has 0 aliphatic rings. The van der Waals surface area contributed by atoms with E-state index in [1.165, 1.54) is 12.7 Å². The molecule has 0 aromatic carbocycles. The molecular weight excluding hydrogens is 263 g/mol. The SMILES string of the molecule is CSc1cc(I)c(C)s1. The molecule has 0 bridgehead atoms. The predicted octanol–water partition coefficient (Wildman–Crippen LogP) is 3.38. The molecule has 1 aromatic heterocycles. The lowest BCUT2D eigenvalue weighted by atomic mass is 10.5. The van der Waals surface area contributed by atoms with Gasteiger partial charge in [0.2, 0.25) is 0 Å². The topological polar surface area (TPSA) is 0 Å². The van der Waals surface area contributed by atoms with Crippen LogP contribution in [0.5, 0.6) is 0 Å². The van der Waals surface area contributed by atoms with Crippen molar-refractivity contribution in [2.45, 2.75) is 11.1 Å². The maximum atomic E-state index is 2.37. The third-order valence-corrected chi connectivity index (χ3v) is 4.64. The van der Waals surface area contributed by atoms with Crippen molar-refractivity contribution in [2.75, 3.05) is 6.26 Å². The third-order valence-electron chi connectivity index (χ3n) is 1.04. The summed E-state index contributed by atoms with van der Waals surface area (Å²) in [5.41, 5.74) is 0. The molecule has 50 valence electrons. The van der Waals surface area contributed by atoms with Crippen molar-refractivity contribution < 1.29 is 0 Å². The highest BCUT2D eigenvalue weighted by Crippen LogP contribution is 2.29. The molecule has 1 rings (SSSR count). The molecule has 1 heterocycles. The first kappa shape index (κ1) is 7.88. The molecule has 0 N–H and O–H groups in total. The first-order valence-corrected chi connectivity index (χ1v) is 5.66. The van der Waals surface area contributed by atoms with Gasteiger partial charge >= 0.3 is 0 Å². The fraction of sp³-hybridized carbons (Fsp3) is 0.333. The van der Waals surface area contributed by atoms with Crippen LogP contribution in [0.1, 0.15) is 4.88 Å². The van der Waals surface area contributed by atoms with E-state index in [2.05, 4.69) is 41.8 Å². The van der Waals surface area contributed by atoms with Gasteiger partial charge in [-0.05, 0) is 41.8 Å². The summed E-state index contributed by atoms with van der Waals surface area (Å²) < 4.78 is 2.80. The van der Waals surface area contributed by atoms with E-state index < -0.39 is 0 Å². The maximum absolute atomic E-state index is 2.37. The molecule has 0 unspecified atom stereocenters. The van der Waals surface area contributed by atoms with Crippen LogP contribution in [0.4, 0.5) is 0 Å². The summed E-state index contributed by atoms with van der Waals surface area (Å²) in [6.45, 7) is 2.16. The smallest absolute Gasteiger partial charge is 0.0609 e. The number of aryl methyl sites for hydroxylation is 1. The van der Waals surface area contributed by atoms with Crippen molar-refractivity contribution in [3.8, 4) is 0 Å². The Morgan fingerprint density at radius 1 is 1.67 bits per heavy atom. The van der Waals surface area contributed by atoms with E-state index in [0.717, 1.165) is 0 Å². The van der Waals surface area contributed by atoms with Gasteiger partial charge in [-0.3, -0.25) is 0 Å². The first-order chi connectivity index (χ1) is 4.24. The van der Waals surface area contributed by atoms with Crippen LogP contribution < -0.4 is 0 Å². The van der Waals surface area contributed by atoms with Crippen LogP contribution in [0.25, 0.3) is 0 Å². The lowest BCUT2D eigenvalue weighted by molar-refractivity contribution is 1.57. The summed E-state index contributed by atoms with van der Waals surface area (Å²) in [4.78, 5) is 1.43. The van der Waals surface area contributed by atoms with Crippen LogP contribution in [0.2, 0.25) is 0 Å². The zero-order chi connectivity index (χ0) is 6.85. The fourth-order valence-electron chi connectivity index (χ4n) is 0.535. The minimum Gasteiger partial charge on any atom is -0.133 e. The van der Waals surface area contributed by atoms with Crippen molar-refractivity contribution in [3.63, 3.8) is 0 Å². The third kappa shape index (κ3) is 1.85. The molecule has 0 saturated carbocycles. The highest BCUT2D eigenvalue weighted by atomic mass is 127. The molecule has 0 aliphatic heterocycles. The van der Waals surface area contributed by atoms with Gasteiger partial charge in [0, 0.05) is 8.45 Å². The van der Waals surface area contributed by atoms with Gasteiger partial charge in [-0.1, -0.05) is 0 Å². The molecule has 0 amide bonds. The standard InChI is InChI=1S/C6H7IS2/c1-4-5(7)3-6(8-2)9-4/h3H,1-2H3. The molecule has 0 nitrogen and oxygen atoms in total. The number of thiophene rings is 1. The van der Waals surface area contributed by atoms with Crippen LogP contribution in [0.15, 0.2) is 10.3 Å². The van der Waals surface area contributed by atoms with Gasteiger partial charge in [-0.15, -0.1) is 23.1 Å². The van der Waals surface area contributed by atoms with E-state index in [0.29, 0.717) is 0 Å². The fourth-order valence-corrected chi connectivity index (χ4v) is 3.18. The molecule has 1 aromatic rings. The van der Waals surface area contributed by atoms with E-state index in [1.807, 2.05) is 23.1 Å². The number of thioether (sulfide) groups is 1. The van der Waals surface area contributed by atoms with Crippen LogP contribution in [-0.4, -0.2) is 6.26 Å². The summed E-state index contributed by atoms with van der Waals surface area (Å²) in [6, 6.07) is 2.23. The summed E-state index contributed by atoms with van der Waals surface area (Å²) in [6.07, 6.45) is 2.11. The Morgan fingerprint density at radius 2 is 2.33 bits per heavy atom. The Labute approximate surface area is 77.2 Å². The highest BCUT2D eigenvalue weighted by molar-refractivity contribution is 14.1. The molecule has 0 atom stereocenters. The summed E-state index contributed by atoms with van der Waals surface area (Å²) in [5, 5.41) is 0. The number of hydrogen-bond acceptors (Lipinski definition) is 2. The van der Waals surface area contributed by atoms with Crippen molar-refractivity contribution in [3.05, 3.63) is 14.5 Å². The van der Waals surface area contributed by atoms with E-state index in [-0.39, 0.29) is 0 Å². The Hall–Kier alpha value is 0.780. The van der Waals surface area contributed by atoms with Gasteiger partial charge < -0.3 is 0 Å². The van der Waals surface area contributed by atoms with E-state index in [9.17, 15) is 0 Å². The molecule has 3 heteroatoms. The minimum absolute atomic E-state index is 1.39. The van der Waals surface area contributed by atoms with Crippen molar-refractivity contribution >= 4 is 45.7 Å². The second-order valence-electron chi connectivity index (χ2n) is 1.67. The number of halogens is 1. The van der Waals surface area contributed by atoms with Gasteiger partial charge in [-0.2, -0.15) is 0 Å². The van der Waals surface area contributed by atoms with Gasteiger partial charge in [-0.25, -0.2) is 0 Å². The van der Waals surface area contributed by atoms with Gasteiger partial charge in [0.15, 0.2) is 0 Å². The van der Waals surface area contributed by atoms with Crippen molar-refractivity contribution in [1.29, 1.82) is 0 Å². The monoisotopic (exact) mass is 270 g/mol. The summed E-state index contributed by atoms with van der Waals surface area (Å²) in [5.74, 6) is 0. The van der Waals surface area contributed by atoms with Crippen molar-refractivity contribution in [1.82, 2.24) is 0 Å². The van der Waals surface area contributed by atoms with Crippen LogP contribution >= 0.6 is 45.7 Å². The molecule has 0 saturated heterocycles.